The first-order chi connectivity index (χ1) is 16.9. The number of rotatable bonds is 6. The molecule has 0 bridgehead atoms. The van der Waals surface area contributed by atoms with Gasteiger partial charge in [0.2, 0.25) is 0 Å². The molecule has 0 N–H and O–H groups in total. The van der Waals surface area contributed by atoms with Crippen molar-refractivity contribution < 1.29 is 13.2 Å². The van der Waals surface area contributed by atoms with Crippen molar-refractivity contribution in [1.82, 2.24) is 14.2 Å². The second kappa shape index (κ2) is 10.7. The molecule has 5 rings (SSSR count). The van der Waals surface area contributed by atoms with E-state index < -0.39 is 10.0 Å². The first-order valence-corrected chi connectivity index (χ1v) is 14.8. The smallest absolute Gasteiger partial charge is 0.252 e. The van der Waals surface area contributed by atoms with E-state index in [2.05, 4.69) is 9.88 Å². The summed E-state index contributed by atoms with van der Waals surface area (Å²) in [6.07, 6.45) is 5.42. The average Bonchev–Trinajstić information content (AvgIpc) is 3.39. The summed E-state index contributed by atoms with van der Waals surface area (Å²) in [6.45, 7) is 2.98. The Balaban J connectivity index is 1.13. The van der Waals surface area contributed by atoms with E-state index in [-0.39, 0.29) is 6.10 Å². The SMILES string of the molecule is O=S(=O)(c1ccc(-c2ccccn2)s1)N1CCC(N2CCC(Oc3ccc(Cl)c(Cl)c3)CC2)CC1. The van der Waals surface area contributed by atoms with Crippen molar-refractivity contribution >= 4 is 44.6 Å². The third kappa shape index (κ3) is 5.68. The van der Waals surface area contributed by atoms with Gasteiger partial charge in [0.25, 0.3) is 10.0 Å². The van der Waals surface area contributed by atoms with Crippen LogP contribution in [-0.2, 0) is 10.0 Å². The van der Waals surface area contributed by atoms with E-state index in [0.717, 1.165) is 55.1 Å². The summed E-state index contributed by atoms with van der Waals surface area (Å²) in [7, 11) is -3.49. The van der Waals surface area contributed by atoms with Gasteiger partial charge in [-0.1, -0.05) is 29.3 Å². The van der Waals surface area contributed by atoms with Crippen LogP contribution in [0.15, 0.2) is 58.9 Å². The molecular formula is C25H27Cl2N3O3S2. The lowest BCUT2D eigenvalue weighted by molar-refractivity contribution is 0.0586. The normalized spacial score (nSPS) is 19.1. The molecule has 6 nitrogen and oxygen atoms in total. The van der Waals surface area contributed by atoms with Crippen molar-refractivity contribution in [2.24, 2.45) is 0 Å². The monoisotopic (exact) mass is 551 g/mol. The molecule has 0 amide bonds. The highest BCUT2D eigenvalue weighted by Gasteiger charge is 2.34. The van der Waals surface area contributed by atoms with Crippen LogP contribution in [0.4, 0.5) is 0 Å². The summed E-state index contributed by atoms with van der Waals surface area (Å²) in [5.74, 6) is 0.746. The third-order valence-electron chi connectivity index (χ3n) is 6.70. The van der Waals surface area contributed by atoms with Gasteiger partial charge in [0.1, 0.15) is 16.1 Å². The standard InChI is InChI=1S/C25H27Cl2N3O3S2/c26-21-5-4-20(17-22(21)27)33-19-10-13-29(14-11-19)18-8-15-30(16-9-18)35(31,32)25-7-6-24(34-25)23-3-1-2-12-28-23/h1-7,12,17-19H,8-11,13-16H2. The number of benzene rings is 1. The number of piperidine rings is 2. The molecule has 0 unspecified atom stereocenters. The molecule has 2 fully saturated rings. The maximum atomic E-state index is 13.2. The van der Waals surface area contributed by atoms with Gasteiger partial charge in [-0.05, 0) is 62.1 Å². The topological polar surface area (TPSA) is 62.7 Å². The fourth-order valence-corrected chi connectivity index (χ4v) is 7.98. The predicted molar refractivity (Wildman–Crippen MR) is 141 cm³/mol. The van der Waals surface area contributed by atoms with E-state index in [1.54, 1.807) is 28.7 Å². The minimum absolute atomic E-state index is 0.149. The number of likely N-dealkylation sites (tertiary alicyclic amines) is 1. The van der Waals surface area contributed by atoms with Crippen LogP contribution in [0.2, 0.25) is 10.0 Å². The van der Waals surface area contributed by atoms with Gasteiger partial charge in [-0.2, -0.15) is 4.31 Å². The Labute approximate surface area is 220 Å². The third-order valence-corrected chi connectivity index (χ3v) is 10.9. The van der Waals surface area contributed by atoms with Gasteiger partial charge in [0, 0.05) is 44.5 Å². The largest absolute Gasteiger partial charge is 0.490 e. The number of aromatic nitrogens is 1. The lowest BCUT2D eigenvalue weighted by atomic mass is 10.00. The Bertz CT molecular complexity index is 1250. The molecule has 2 aliphatic rings. The summed E-state index contributed by atoms with van der Waals surface area (Å²) in [5, 5.41) is 1.02. The van der Waals surface area contributed by atoms with Crippen molar-refractivity contribution in [3.05, 3.63) is 64.8 Å². The van der Waals surface area contributed by atoms with E-state index in [1.165, 1.54) is 11.3 Å². The highest BCUT2D eigenvalue weighted by atomic mass is 35.5. The Morgan fingerprint density at radius 3 is 2.37 bits per heavy atom. The molecule has 0 atom stereocenters. The quantitative estimate of drug-likeness (QED) is 0.386. The van der Waals surface area contributed by atoms with Crippen molar-refractivity contribution in [1.29, 1.82) is 0 Å². The average molecular weight is 553 g/mol. The van der Waals surface area contributed by atoms with Crippen LogP contribution in [0, 0.1) is 0 Å². The minimum atomic E-state index is -3.49. The number of hydrogen-bond acceptors (Lipinski definition) is 6. The molecule has 2 saturated heterocycles. The molecule has 2 aliphatic heterocycles. The first kappa shape index (κ1) is 25.0. The highest BCUT2D eigenvalue weighted by Crippen LogP contribution is 2.33. The second-order valence-corrected chi connectivity index (χ2v) is 13.0. The molecule has 0 aliphatic carbocycles. The zero-order chi connectivity index (χ0) is 24.4. The van der Waals surface area contributed by atoms with Gasteiger partial charge >= 0.3 is 0 Å². The Morgan fingerprint density at radius 2 is 1.69 bits per heavy atom. The summed E-state index contributed by atoms with van der Waals surface area (Å²) in [6, 6.07) is 15.0. The number of ether oxygens (including phenoxy) is 1. The molecule has 186 valence electrons. The van der Waals surface area contributed by atoms with Gasteiger partial charge in [-0.15, -0.1) is 11.3 Å². The maximum absolute atomic E-state index is 13.2. The fourth-order valence-electron chi connectivity index (χ4n) is 4.78. The molecule has 10 heteroatoms. The van der Waals surface area contributed by atoms with Crippen molar-refractivity contribution in [3.63, 3.8) is 0 Å². The van der Waals surface area contributed by atoms with Gasteiger partial charge in [0.05, 0.1) is 20.6 Å². The van der Waals surface area contributed by atoms with Gasteiger partial charge < -0.3 is 9.64 Å². The number of halogens is 2. The Hall–Kier alpha value is -1.68. The van der Waals surface area contributed by atoms with E-state index >= 15 is 0 Å². The number of hydrogen-bond donors (Lipinski definition) is 0. The number of pyridine rings is 1. The molecule has 3 aromatic rings. The van der Waals surface area contributed by atoms with Crippen molar-refractivity contribution in [2.75, 3.05) is 26.2 Å². The molecule has 1 aromatic carbocycles. The van der Waals surface area contributed by atoms with Crippen LogP contribution < -0.4 is 4.74 Å². The molecule has 0 radical (unpaired) electrons. The predicted octanol–water partition coefficient (Wildman–Crippen LogP) is 5.81. The Morgan fingerprint density at radius 1 is 0.914 bits per heavy atom. The van der Waals surface area contributed by atoms with Crippen molar-refractivity contribution in [3.8, 4) is 16.3 Å². The Kier molecular flexibility index (Phi) is 7.67. The molecule has 4 heterocycles. The molecule has 2 aromatic heterocycles. The fraction of sp³-hybridized carbons (Fsp3) is 0.400. The van der Waals surface area contributed by atoms with E-state index in [1.807, 2.05) is 30.3 Å². The second-order valence-electron chi connectivity index (χ2n) is 8.90. The van der Waals surface area contributed by atoms with Crippen LogP contribution in [0.25, 0.3) is 10.6 Å². The molecule has 0 spiro atoms. The van der Waals surface area contributed by atoms with Gasteiger partial charge in [-0.25, -0.2) is 8.42 Å². The summed E-state index contributed by atoms with van der Waals surface area (Å²) < 4.78 is 34.6. The molecular weight excluding hydrogens is 525 g/mol. The van der Waals surface area contributed by atoms with Crippen LogP contribution in [0.3, 0.4) is 0 Å². The minimum Gasteiger partial charge on any atom is -0.490 e. The number of nitrogens with zero attached hydrogens (tertiary/aromatic N) is 3. The number of sulfonamides is 1. The zero-order valence-electron chi connectivity index (χ0n) is 19.1. The van der Waals surface area contributed by atoms with Crippen molar-refractivity contribution in [2.45, 2.75) is 42.0 Å². The van der Waals surface area contributed by atoms with Gasteiger partial charge in [-0.3, -0.25) is 4.98 Å². The highest BCUT2D eigenvalue weighted by molar-refractivity contribution is 7.91. The van der Waals surface area contributed by atoms with E-state index in [0.29, 0.717) is 33.4 Å². The lowest BCUT2D eigenvalue weighted by Gasteiger charge is -2.41. The van der Waals surface area contributed by atoms with Gasteiger partial charge in [0.15, 0.2) is 0 Å². The van der Waals surface area contributed by atoms with Crippen LogP contribution in [0.5, 0.6) is 5.75 Å². The van der Waals surface area contributed by atoms with E-state index in [9.17, 15) is 8.42 Å². The number of thiophene rings is 1. The lowest BCUT2D eigenvalue weighted by Crippen LogP contribution is -2.50. The van der Waals surface area contributed by atoms with Crippen LogP contribution >= 0.6 is 34.5 Å². The molecule has 35 heavy (non-hydrogen) atoms. The first-order valence-electron chi connectivity index (χ1n) is 11.8. The summed E-state index contributed by atoms with van der Waals surface area (Å²) in [4.78, 5) is 7.69. The summed E-state index contributed by atoms with van der Waals surface area (Å²) >= 11 is 13.4. The molecule has 0 saturated carbocycles. The van der Waals surface area contributed by atoms with Crippen LogP contribution in [0.1, 0.15) is 25.7 Å². The zero-order valence-corrected chi connectivity index (χ0v) is 22.3. The van der Waals surface area contributed by atoms with Crippen LogP contribution in [-0.4, -0.2) is 60.9 Å². The van der Waals surface area contributed by atoms with E-state index in [4.69, 9.17) is 27.9 Å². The summed E-state index contributed by atoms with van der Waals surface area (Å²) in [5.41, 5.74) is 0.796. The maximum Gasteiger partial charge on any atom is 0.252 e.